The van der Waals surface area contributed by atoms with E-state index in [4.69, 9.17) is 5.73 Å². The van der Waals surface area contributed by atoms with Crippen molar-refractivity contribution in [3.63, 3.8) is 0 Å². The lowest BCUT2D eigenvalue weighted by Crippen LogP contribution is -1.98. The van der Waals surface area contributed by atoms with E-state index < -0.39 is 4.92 Å². The second-order valence-corrected chi connectivity index (χ2v) is 2.15. The molecule has 0 spiro atoms. The van der Waals surface area contributed by atoms with Crippen LogP contribution in [0.25, 0.3) is 0 Å². The Labute approximate surface area is 63.0 Å². The third-order valence-electron chi connectivity index (χ3n) is 1.31. The van der Waals surface area contributed by atoms with Crippen LogP contribution in [0.4, 0.5) is 11.4 Å². The van der Waals surface area contributed by atoms with Crippen molar-refractivity contribution in [3.05, 3.63) is 28.1 Å². The summed E-state index contributed by atoms with van der Waals surface area (Å²) in [5.74, 6) is 0. The Balaban J connectivity index is 3.32. The van der Waals surface area contributed by atoms with Gasteiger partial charge in [0.05, 0.1) is 11.1 Å². The van der Waals surface area contributed by atoms with E-state index in [0.717, 1.165) is 0 Å². The highest BCUT2D eigenvalue weighted by molar-refractivity contribution is 5.59. The molecule has 0 amide bonds. The van der Waals surface area contributed by atoms with Crippen molar-refractivity contribution in [1.82, 2.24) is 4.98 Å². The van der Waals surface area contributed by atoms with Crippen LogP contribution in [0.3, 0.4) is 0 Å². The van der Waals surface area contributed by atoms with Crippen molar-refractivity contribution < 1.29 is 4.92 Å². The molecule has 0 bridgehead atoms. The number of pyridine rings is 1. The highest BCUT2D eigenvalue weighted by Gasteiger charge is 2.13. The number of aryl methyl sites for hydroxylation is 1. The van der Waals surface area contributed by atoms with E-state index in [-0.39, 0.29) is 11.4 Å². The van der Waals surface area contributed by atoms with Crippen LogP contribution in [-0.2, 0) is 0 Å². The van der Waals surface area contributed by atoms with Gasteiger partial charge in [-0.25, -0.2) is 0 Å². The number of nitrogens with two attached hydrogens (primary N) is 1. The summed E-state index contributed by atoms with van der Waals surface area (Å²) in [4.78, 5) is 13.5. The number of nitro groups is 1. The molecular weight excluding hydrogens is 146 g/mol. The maximum atomic E-state index is 10.3. The molecule has 0 aromatic carbocycles. The van der Waals surface area contributed by atoms with Crippen molar-refractivity contribution in [2.24, 2.45) is 0 Å². The Morgan fingerprint density at radius 2 is 2.27 bits per heavy atom. The normalized spacial score (nSPS) is 9.55. The molecule has 1 heterocycles. The zero-order valence-corrected chi connectivity index (χ0v) is 5.94. The number of aromatic nitrogens is 1. The van der Waals surface area contributed by atoms with Gasteiger partial charge in [0, 0.05) is 11.8 Å². The lowest BCUT2D eigenvalue weighted by Gasteiger charge is -1.97. The lowest BCUT2D eigenvalue weighted by atomic mass is 10.2. The van der Waals surface area contributed by atoms with E-state index in [0.29, 0.717) is 5.56 Å². The fourth-order valence-electron chi connectivity index (χ4n) is 0.829. The minimum Gasteiger partial charge on any atom is -0.392 e. The van der Waals surface area contributed by atoms with Crippen molar-refractivity contribution in [1.29, 1.82) is 0 Å². The standard InChI is InChI=1S/C6H7N3O2/c1-4-2-8-3-5(7)6(4)9(10)11/h2-3H,7H2,1H3. The second kappa shape index (κ2) is 2.53. The summed E-state index contributed by atoms with van der Waals surface area (Å²) in [6.07, 6.45) is 2.68. The van der Waals surface area contributed by atoms with Crippen LogP contribution >= 0.6 is 0 Å². The zero-order valence-electron chi connectivity index (χ0n) is 5.94. The van der Waals surface area contributed by atoms with E-state index in [1.807, 2.05) is 0 Å². The van der Waals surface area contributed by atoms with E-state index in [1.165, 1.54) is 12.4 Å². The third kappa shape index (κ3) is 1.26. The van der Waals surface area contributed by atoms with Gasteiger partial charge in [-0.15, -0.1) is 0 Å². The molecule has 5 nitrogen and oxygen atoms in total. The van der Waals surface area contributed by atoms with Gasteiger partial charge in [0.1, 0.15) is 5.69 Å². The van der Waals surface area contributed by atoms with Gasteiger partial charge in [0.2, 0.25) is 0 Å². The quantitative estimate of drug-likeness (QED) is 0.479. The molecule has 2 N–H and O–H groups in total. The highest BCUT2D eigenvalue weighted by atomic mass is 16.6. The molecule has 0 aliphatic rings. The van der Waals surface area contributed by atoms with E-state index in [2.05, 4.69) is 4.98 Å². The fourth-order valence-corrected chi connectivity index (χ4v) is 0.829. The number of hydrogen-bond donors (Lipinski definition) is 1. The molecule has 0 unspecified atom stereocenters. The van der Waals surface area contributed by atoms with Gasteiger partial charge in [-0.3, -0.25) is 15.1 Å². The summed E-state index contributed by atoms with van der Waals surface area (Å²) < 4.78 is 0. The minimum absolute atomic E-state index is 0.0556. The molecule has 1 rings (SSSR count). The van der Waals surface area contributed by atoms with Gasteiger partial charge < -0.3 is 5.73 Å². The maximum absolute atomic E-state index is 10.3. The molecule has 0 aliphatic carbocycles. The SMILES string of the molecule is Cc1cncc(N)c1[N+](=O)[O-]. The van der Waals surface area contributed by atoms with Crippen molar-refractivity contribution in [2.45, 2.75) is 6.92 Å². The first-order valence-electron chi connectivity index (χ1n) is 2.97. The average molecular weight is 153 g/mol. The zero-order chi connectivity index (χ0) is 8.43. The Kier molecular flexibility index (Phi) is 1.72. The lowest BCUT2D eigenvalue weighted by molar-refractivity contribution is -0.384. The smallest absolute Gasteiger partial charge is 0.298 e. The molecule has 58 valence electrons. The van der Waals surface area contributed by atoms with Gasteiger partial charge in [-0.05, 0) is 6.92 Å². The van der Waals surface area contributed by atoms with Crippen LogP contribution in [0.15, 0.2) is 12.4 Å². The molecule has 0 atom stereocenters. The number of nitrogens with zero attached hydrogens (tertiary/aromatic N) is 2. The van der Waals surface area contributed by atoms with Crippen molar-refractivity contribution in [3.8, 4) is 0 Å². The number of anilines is 1. The van der Waals surface area contributed by atoms with E-state index in [9.17, 15) is 10.1 Å². The Morgan fingerprint density at radius 1 is 1.64 bits per heavy atom. The van der Waals surface area contributed by atoms with Crippen LogP contribution in [0.2, 0.25) is 0 Å². The molecule has 1 aromatic heterocycles. The fraction of sp³-hybridized carbons (Fsp3) is 0.167. The molecule has 0 radical (unpaired) electrons. The largest absolute Gasteiger partial charge is 0.392 e. The van der Waals surface area contributed by atoms with Crippen LogP contribution in [-0.4, -0.2) is 9.91 Å². The topological polar surface area (TPSA) is 82.0 Å². The van der Waals surface area contributed by atoms with Gasteiger partial charge in [0.15, 0.2) is 0 Å². The number of hydrogen-bond acceptors (Lipinski definition) is 4. The van der Waals surface area contributed by atoms with Gasteiger partial charge in [-0.1, -0.05) is 0 Å². The molecular formula is C6H7N3O2. The van der Waals surface area contributed by atoms with Crippen molar-refractivity contribution in [2.75, 3.05) is 5.73 Å². The molecule has 1 aromatic rings. The Bertz CT molecular complexity index is 278. The molecule has 0 fully saturated rings. The molecule has 0 saturated carbocycles. The predicted octanol–water partition coefficient (Wildman–Crippen LogP) is 0.880. The van der Waals surface area contributed by atoms with E-state index in [1.54, 1.807) is 6.92 Å². The minimum atomic E-state index is -0.508. The Hall–Kier alpha value is -1.65. The van der Waals surface area contributed by atoms with E-state index >= 15 is 0 Å². The molecule has 11 heavy (non-hydrogen) atoms. The number of nitrogen functional groups attached to an aromatic ring is 1. The van der Waals surface area contributed by atoms with Gasteiger partial charge in [-0.2, -0.15) is 0 Å². The molecule has 0 aliphatic heterocycles. The first kappa shape index (κ1) is 7.46. The summed E-state index contributed by atoms with van der Waals surface area (Å²) >= 11 is 0. The average Bonchev–Trinajstić information content (AvgIpc) is 1.85. The van der Waals surface area contributed by atoms with Crippen LogP contribution < -0.4 is 5.73 Å². The Morgan fingerprint density at radius 3 is 2.64 bits per heavy atom. The second-order valence-electron chi connectivity index (χ2n) is 2.15. The van der Waals surface area contributed by atoms with Crippen LogP contribution in [0.5, 0.6) is 0 Å². The molecule has 0 saturated heterocycles. The monoisotopic (exact) mass is 153 g/mol. The summed E-state index contributed by atoms with van der Waals surface area (Å²) in [5.41, 5.74) is 5.85. The van der Waals surface area contributed by atoms with Crippen LogP contribution in [0, 0.1) is 17.0 Å². The molecule has 5 heteroatoms. The summed E-state index contributed by atoms with van der Waals surface area (Å²) in [6, 6.07) is 0. The predicted molar refractivity (Wildman–Crippen MR) is 40.0 cm³/mol. The maximum Gasteiger partial charge on any atom is 0.298 e. The van der Waals surface area contributed by atoms with Crippen LogP contribution in [0.1, 0.15) is 5.56 Å². The van der Waals surface area contributed by atoms with Crippen molar-refractivity contribution >= 4 is 11.4 Å². The van der Waals surface area contributed by atoms with Gasteiger partial charge >= 0.3 is 0 Å². The van der Waals surface area contributed by atoms with Gasteiger partial charge in [0.25, 0.3) is 5.69 Å². The first-order valence-corrected chi connectivity index (χ1v) is 2.97. The third-order valence-corrected chi connectivity index (χ3v) is 1.31. The highest BCUT2D eigenvalue weighted by Crippen LogP contribution is 2.22. The summed E-state index contributed by atoms with van der Waals surface area (Å²) in [5, 5.41) is 10.3. The summed E-state index contributed by atoms with van der Waals surface area (Å²) in [7, 11) is 0. The summed E-state index contributed by atoms with van der Waals surface area (Å²) in [6.45, 7) is 1.60. The number of rotatable bonds is 1. The first-order chi connectivity index (χ1) is 5.13.